The van der Waals surface area contributed by atoms with Gasteiger partial charge < -0.3 is 0 Å². The standard InChI is InChI=1S/C58H44N2/c1-4-15-39(16-5-1)35-52-49-24-13-12-23-48(49)50-33-31-45(37-54(50)52)41-29-27-40(28-30-41)44-32-34-51-53(36-44)47-22-11-10-21-46(47)38-55(51)57-26-14-25-56(42-17-6-2-7-18-42)59-58(60-57)43-19-8-3-9-20-43/h1-13,15-24,26-34,36-37,52,55H,14,25,35,38H2/b57-26+,59-56?,60-58?. The van der Waals surface area contributed by atoms with Crippen LogP contribution >= 0.6 is 0 Å². The number of amidine groups is 1. The molecule has 8 aromatic carbocycles. The Hall–Kier alpha value is -7.16. The average molecular weight is 769 g/mol. The fourth-order valence-corrected chi connectivity index (χ4v) is 9.75. The van der Waals surface area contributed by atoms with E-state index in [9.17, 15) is 0 Å². The minimum atomic E-state index is 0.121. The van der Waals surface area contributed by atoms with Crippen molar-refractivity contribution in [2.75, 3.05) is 0 Å². The van der Waals surface area contributed by atoms with Crippen LogP contribution in [0.5, 0.6) is 0 Å². The first-order chi connectivity index (χ1) is 29.7. The molecule has 2 unspecified atom stereocenters. The Morgan fingerprint density at radius 2 is 1.02 bits per heavy atom. The molecule has 0 bridgehead atoms. The third-order valence-corrected chi connectivity index (χ3v) is 12.8. The molecule has 11 rings (SSSR count). The second kappa shape index (κ2) is 15.5. The molecule has 1 aliphatic heterocycles. The van der Waals surface area contributed by atoms with Gasteiger partial charge in [0, 0.05) is 23.1 Å². The predicted octanol–water partition coefficient (Wildman–Crippen LogP) is 14.3. The summed E-state index contributed by atoms with van der Waals surface area (Å²) in [5, 5.41) is 0. The Labute approximate surface area is 353 Å². The summed E-state index contributed by atoms with van der Waals surface area (Å²) >= 11 is 0. The van der Waals surface area contributed by atoms with Crippen molar-refractivity contribution in [3.8, 4) is 44.5 Å². The zero-order valence-electron chi connectivity index (χ0n) is 33.5. The lowest BCUT2D eigenvalue weighted by molar-refractivity contribution is 0.757. The Balaban J connectivity index is 0.930. The Morgan fingerprint density at radius 3 is 1.78 bits per heavy atom. The van der Waals surface area contributed by atoms with Crippen LogP contribution in [0.15, 0.2) is 222 Å². The van der Waals surface area contributed by atoms with Crippen molar-refractivity contribution in [2.45, 2.75) is 37.5 Å². The maximum atomic E-state index is 5.45. The number of benzene rings is 8. The highest BCUT2D eigenvalue weighted by Gasteiger charge is 2.30. The number of hydrogen-bond acceptors (Lipinski definition) is 2. The number of fused-ring (bicyclic) bond motifs is 6. The Morgan fingerprint density at radius 1 is 0.417 bits per heavy atom. The van der Waals surface area contributed by atoms with Gasteiger partial charge in [0.05, 0.1) is 5.71 Å². The molecule has 0 saturated carbocycles. The van der Waals surface area contributed by atoms with Gasteiger partial charge >= 0.3 is 0 Å². The third kappa shape index (κ3) is 6.74. The van der Waals surface area contributed by atoms with E-state index in [-0.39, 0.29) is 5.92 Å². The van der Waals surface area contributed by atoms with Crippen molar-refractivity contribution in [1.82, 2.24) is 0 Å². The molecular formula is C58H44N2. The molecule has 2 aliphatic carbocycles. The second-order valence-electron chi connectivity index (χ2n) is 16.3. The molecule has 0 saturated heterocycles. The summed E-state index contributed by atoms with van der Waals surface area (Å²) in [6.45, 7) is 0. The van der Waals surface area contributed by atoms with Crippen LogP contribution in [-0.4, -0.2) is 11.5 Å². The summed E-state index contributed by atoms with van der Waals surface area (Å²) in [7, 11) is 0. The van der Waals surface area contributed by atoms with Crippen LogP contribution in [0.25, 0.3) is 44.5 Å². The van der Waals surface area contributed by atoms with Crippen molar-refractivity contribution in [2.24, 2.45) is 9.98 Å². The number of aliphatic imine (C=N–C) groups is 2. The van der Waals surface area contributed by atoms with Gasteiger partial charge in [-0.3, -0.25) is 0 Å². The summed E-state index contributed by atoms with van der Waals surface area (Å²) in [5.41, 5.74) is 21.5. The molecule has 2 nitrogen and oxygen atoms in total. The summed E-state index contributed by atoms with van der Waals surface area (Å²) in [4.78, 5) is 10.7. The molecule has 0 spiro atoms. The summed E-state index contributed by atoms with van der Waals surface area (Å²) < 4.78 is 0. The van der Waals surface area contributed by atoms with Crippen LogP contribution < -0.4 is 0 Å². The van der Waals surface area contributed by atoms with Crippen molar-refractivity contribution >= 4 is 11.5 Å². The van der Waals surface area contributed by atoms with Crippen LogP contribution in [0.3, 0.4) is 0 Å². The van der Waals surface area contributed by atoms with E-state index in [1.165, 1.54) is 72.3 Å². The van der Waals surface area contributed by atoms with E-state index in [0.717, 1.165) is 54.1 Å². The van der Waals surface area contributed by atoms with Crippen molar-refractivity contribution < 1.29 is 0 Å². The zero-order valence-corrected chi connectivity index (χ0v) is 33.5. The number of rotatable bonds is 7. The van der Waals surface area contributed by atoms with Gasteiger partial charge in [-0.2, -0.15) is 0 Å². The van der Waals surface area contributed by atoms with Gasteiger partial charge in [0.25, 0.3) is 0 Å². The van der Waals surface area contributed by atoms with Crippen LogP contribution in [0.2, 0.25) is 0 Å². The Kier molecular flexibility index (Phi) is 9.32. The molecule has 0 fully saturated rings. The number of allylic oxidation sites excluding steroid dienone is 2. The lowest BCUT2D eigenvalue weighted by Gasteiger charge is -2.29. The maximum absolute atomic E-state index is 5.45. The molecule has 3 aliphatic rings. The van der Waals surface area contributed by atoms with E-state index < -0.39 is 0 Å². The highest BCUT2D eigenvalue weighted by molar-refractivity contribution is 6.13. The van der Waals surface area contributed by atoms with Gasteiger partial charge in [-0.25, -0.2) is 9.98 Å². The number of nitrogens with zero attached hydrogens (tertiary/aromatic N) is 2. The highest BCUT2D eigenvalue weighted by atomic mass is 14.9. The molecule has 286 valence electrons. The van der Waals surface area contributed by atoms with Gasteiger partial charge in [0.1, 0.15) is 0 Å². The molecule has 0 aromatic heterocycles. The molecule has 0 N–H and O–H groups in total. The zero-order chi connectivity index (χ0) is 39.8. The van der Waals surface area contributed by atoms with Crippen molar-refractivity contribution in [3.05, 3.63) is 251 Å². The third-order valence-electron chi connectivity index (χ3n) is 12.8. The molecule has 0 radical (unpaired) electrons. The van der Waals surface area contributed by atoms with Crippen LogP contribution in [0.4, 0.5) is 0 Å². The monoisotopic (exact) mass is 768 g/mol. The predicted molar refractivity (Wildman–Crippen MR) is 250 cm³/mol. The van der Waals surface area contributed by atoms with E-state index in [1.807, 2.05) is 0 Å². The molecule has 1 heterocycles. The first-order valence-electron chi connectivity index (χ1n) is 21.3. The minimum absolute atomic E-state index is 0.121. The summed E-state index contributed by atoms with van der Waals surface area (Å²) in [6, 6.07) is 73.1. The van der Waals surface area contributed by atoms with Gasteiger partial charge in [-0.15, -0.1) is 0 Å². The van der Waals surface area contributed by atoms with Crippen molar-refractivity contribution in [1.29, 1.82) is 0 Å². The largest absolute Gasteiger partial charge is 0.233 e. The lowest BCUT2D eigenvalue weighted by Crippen LogP contribution is -2.16. The van der Waals surface area contributed by atoms with E-state index in [1.54, 1.807) is 0 Å². The molecule has 8 aromatic rings. The van der Waals surface area contributed by atoms with Gasteiger partial charge in [-0.05, 0) is 116 Å². The highest BCUT2D eigenvalue weighted by Crippen LogP contribution is 2.48. The van der Waals surface area contributed by atoms with Gasteiger partial charge in [-0.1, -0.05) is 194 Å². The quantitative estimate of drug-likeness (QED) is 0.154. The second-order valence-corrected chi connectivity index (χ2v) is 16.3. The molecule has 2 atom stereocenters. The van der Waals surface area contributed by atoms with Crippen LogP contribution in [0, 0.1) is 0 Å². The summed E-state index contributed by atoms with van der Waals surface area (Å²) in [6.07, 6.45) is 6.02. The van der Waals surface area contributed by atoms with Gasteiger partial charge in [0.2, 0.25) is 0 Å². The van der Waals surface area contributed by atoms with E-state index in [0.29, 0.717) is 5.92 Å². The van der Waals surface area contributed by atoms with Crippen molar-refractivity contribution in [3.63, 3.8) is 0 Å². The first-order valence-corrected chi connectivity index (χ1v) is 21.3. The normalized spacial score (nSPS) is 17.4. The Bertz CT molecular complexity index is 2960. The molecular weight excluding hydrogens is 725 g/mol. The fraction of sp³-hybridized carbons (Fsp3) is 0.103. The molecule has 0 amide bonds. The first kappa shape index (κ1) is 36.0. The fourth-order valence-electron chi connectivity index (χ4n) is 9.75. The van der Waals surface area contributed by atoms with E-state index in [4.69, 9.17) is 9.98 Å². The number of hydrogen-bond donors (Lipinski definition) is 0. The van der Waals surface area contributed by atoms with Crippen LogP contribution in [-0.2, 0) is 12.8 Å². The average Bonchev–Trinajstić information content (AvgIpc) is 3.62. The SMILES string of the molecule is C1=C(\C2Cc3ccccc3-c3cc(-c4ccc(-c5ccc6c(c5)C(Cc5ccccc5)c5ccccc5-6)cc4)ccc32)N=C(c2ccccc2)N=C(c2ccccc2)CC/1. The van der Waals surface area contributed by atoms with Gasteiger partial charge in [0.15, 0.2) is 5.84 Å². The maximum Gasteiger partial charge on any atom is 0.159 e. The van der Waals surface area contributed by atoms with E-state index in [2.05, 4.69) is 206 Å². The molecule has 60 heavy (non-hydrogen) atoms. The summed E-state index contributed by atoms with van der Waals surface area (Å²) in [5.74, 6) is 1.24. The van der Waals surface area contributed by atoms with E-state index >= 15 is 0 Å². The smallest absolute Gasteiger partial charge is 0.159 e. The molecule has 2 heteroatoms. The lowest BCUT2D eigenvalue weighted by atomic mass is 9.76. The van der Waals surface area contributed by atoms with Crippen LogP contribution in [0.1, 0.15) is 63.6 Å². The topological polar surface area (TPSA) is 24.7 Å². The minimum Gasteiger partial charge on any atom is -0.233 e.